The van der Waals surface area contributed by atoms with Crippen molar-refractivity contribution >= 4 is 16.8 Å². The Balaban J connectivity index is 1.71. The van der Waals surface area contributed by atoms with Crippen LogP contribution in [0.15, 0.2) is 85.1 Å². The maximum atomic E-state index is 13.2. The Kier molecular flexibility index (Phi) is 6.75. The molecule has 0 unspecified atom stereocenters. The van der Waals surface area contributed by atoms with E-state index in [9.17, 15) is 4.79 Å². The molecule has 0 spiro atoms. The lowest BCUT2D eigenvalue weighted by molar-refractivity contribution is -0.121. The lowest BCUT2D eigenvalue weighted by Gasteiger charge is -2.20. The van der Waals surface area contributed by atoms with E-state index in [2.05, 4.69) is 84.5 Å². The van der Waals surface area contributed by atoms with Gasteiger partial charge in [0.2, 0.25) is 5.91 Å². The van der Waals surface area contributed by atoms with Crippen LogP contribution in [-0.2, 0) is 17.8 Å². The van der Waals surface area contributed by atoms with Crippen molar-refractivity contribution in [1.29, 1.82) is 0 Å². The van der Waals surface area contributed by atoms with Crippen LogP contribution in [0, 0.1) is 0 Å². The Morgan fingerprint density at radius 2 is 1.53 bits per heavy atom. The molecule has 0 fully saturated rings. The van der Waals surface area contributed by atoms with E-state index in [0.29, 0.717) is 6.42 Å². The first kappa shape index (κ1) is 21.9. The monoisotopic (exact) mass is 424 g/mol. The van der Waals surface area contributed by atoms with E-state index in [4.69, 9.17) is 0 Å². The third kappa shape index (κ3) is 4.47. The van der Waals surface area contributed by atoms with Gasteiger partial charge in [-0.25, -0.2) is 0 Å². The normalized spacial score (nSPS) is 13.1. The SMILES string of the molecule is CCc1cccc2c([C@@H](CC(=O)N[C@@H](C)c3ccccc3)c3ccccc3)cn(CC)c12. The number of nitrogens with one attached hydrogen (secondary N) is 1. The Bertz CT molecular complexity index is 1180. The molecule has 0 bridgehead atoms. The molecule has 0 aliphatic heterocycles. The zero-order valence-corrected chi connectivity index (χ0v) is 19.2. The third-order valence-corrected chi connectivity index (χ3v) is 6.38. The Morgan fingerprint density at radius 3 is 2.16 bits per heavy atom. The van der Waals surface area contributed by atoms with Gasteiger partial charge in [-0.05, 0) is 42.5 Å². The molecule has 1 aromatic heterocycles. The molecule has 0 radical (unpaired) electrons. The summed E-state index contributed by atoms with van der Waals surface area (Å²) in [6.45, 7) is 7.34. The number of aryl methyl sites for hydroxylation is 2. The number of carbonyl (C=O) groups is 1. The molecule has 32 heavy (non-hydrogen) atoms. The van der Waals surface area contributed by atoms with E-state index in [1.54, 1.807) is 0 Å². The van der Waals surface area contributed by atoms with Crippen LogP contribution in [0.5, 0.6) is 0 Å². The minimum Gasteiger partial charge on any atom is -0.350 e. The second-order valence-corrected chi connectivity index (χ2v) is 8.40. The van der Waals surface area contributed by atoms with Crippen LogP contribution in [-0.4, -0.2) is 10.5 Å². The van der Waals surface area contributed by atoms with Gasteiger partial charge < -0.3 is 9.88 Å². The van der Waals surface area contributed by atoms with Gasteiger partial charge in [-0.2, -0.15) is 0 Å². The molecular formula is C29H32N2O. The van der Waals surface area contributed by atoms with Gasteiger partial charge in [0.25, 0.3) is 0 Å². The summed E-state index contributed by atoms with van der Waals surface area (Å²) in [7, 11) is 0. The molecule has 3 aromatic carbocycles. The molecule has 4 rings (SSSR count). The second kappa shape index (κ2) is 9.86. The van der Waals surface area contributed by atoms with Crippen LogP contribution < -0.4 is 5.32 Å². The molecule has 4 aromatic rings. The molecule has 164 valence electrons. The molecule has 0 aliphatic carbocycles. The average molecular weight is 425 g/mol. The van der Waals surface area contributed by atoms with Crippen LogP contribution >= 0.6 is 0 Å². The molecule has 0 aliphatic rings. The maximum absolute atomic E-state index is 13.2. The van der Waals surface area contributed by atoms with E-state index in [0.717, 1.165) is 18.5 Å². The topological polar surface area (TPSA) is 34.0 Å². The van der Waals surface area contributed by atoms with Gasteiger partial charge in [-0.3, -0.25) is 4.79 Å². The Hall–Kier alpha value is -3.33. The number of aromatic nitrogens is 1. The van der Waals surface area contributed by atoms with Gasteiger partial charge in [-0.1, -0.05) is 85.8 Å². The standard InChI is InChI=1S/C29H32N2O/c1-4-22-17-12-18-25-27(20-31(5-2)29(22)25)26(24-15-10-7-11-16-24)19-28(32)30-21(3)23-13-8-6-9-14-23/h6-18,20-21,26H,4-5,19H2,1-3H3,(H,30,32)/t21-,26-/m0/s1. The number of rotatable bonds is 8. The Labute approximate surface area is 191 Å². The predicted molar refractivity (Wildman–Crippen MR) is 133 cm³/mol. The molecule has 1 N–H and O–H groups in total. The van der Waals surface area contributed by atoms with Gasteiger partial charge in [0.15, 0.2) is 0 Å². The molecule has 1 heterocycles. The van der Waals surface area contributed by atoms with Gasteiger partial charge in [-0.15, -0.1) is 0 Å². The van der Waals surface area contributed by atoms with Gasteiger partial charge in [0.05, 0.1) is 11.6 Å². The number of carbonyl (C=O) groups excluding carboxylic acids is 1. The van der Waals surface area contributed by atoms with Crippen LogP contribution in [0.25, 0.3) is 10.9 Å². The minimum atomic E-state index is -0.0243. The van der Waals surface area contributed by atoms with E-state index < -0.39 is 0 Å². The smallest absolute Gasteiger partial charge is 0.221 e. The van der Waals surface area contributed by atoms with Crippen LogP contribution in [0.3, 0.4) is 0 Å². The first-order chi connectivity index (χ1) is 15.6. The van der Waals surface area contributed by atoms with E-state index >= 15 is 0 Å². The number of nitrogens with zero attached hydrogens (tertiary/aromatic N) is 1. The summed E-state index contributed by atoms with van der Waals surface area (Å²) in [5, 5.41) is 4.47. The number of para-hydroxylation sites is 1. The van der Waals surface area contributed by atoms with Crippen LogP contribution in [0.4, 0.5) is 0 Å². The fourth-order valence-corrected chi connectivity index (χ4v) is 4.68. The molecule has 0 saturated heterocycles. The molecule has 3 heteroatoms. The first-order valence-electron chi connectivity index (χ1n) is 11.6. The van der Waals surface area contributed by atoms with Crippen LogP contribution in [0.2, 0.25) is 0 Å². The number of hydrogen-bond donors (Lipinski definition) is 1. The third-order valence-electron chi connectivity index (χ3n) is 6.38. The average Bonchev–Trinajstić information content (AvgIpc) is 3.22. The van der Waals surface area contributed by atoms with Gasteiger partial charge >= 0.3 is 0 Å². The summed E-state index contributed by atoms with van der Waals surface area (Å²) in [5.41, 5.74) is 6.17. The van der Waals surface area contributed by atoms with Crippen molar-refractivity contribution in [2.75, 3.05) is 0 Å². The number of amides is 1. The summed E-state index contributed by atoms with van der Waals surface area (Å²) in [4.78, 5) is 13.2. The van der Waals surface area contributed by atoms with Crippen molar-refractivity contribution in [2.45, 2.75) is 52.1 Å². The Morgan fingerprint density at radius 1 is 0.875 bits per heavy atom. The second-order valence-electron chi connectivity index (χ2n) is 8.40. The summed E-state index contributed by atoms with van der Waals surface area (Å²) in [6.07, 6.45) is 3.67. The molecular weight excluding hydrogens is 392 g/mol. The highest BCUT2D eigenvalue weighted by Crippen LogP contribution is 2.36. The fourth-order valence-electron chi connectivity index (χ4n) is 4.68. The van der Waals surface area contributed by atoms with Crippen molar-refractivity contribution in [1.82, 2.24) is 9.88 Å². The number of hydrogen-bond acceptors (Lipinski definition) is 1. The summed E-state index contributed by atoms with van der Waals surface area (Å²) in [6, 6.07) is 27.1. The highest BCUT2D eigenvalue weighted by Gasteiger charge is 2.24. The van der Waals surface area contributed by atoms with Gasteiger partial charge in [0, 0.05) is 30.5 Å². The van der Waals surface area contributed by atoms with Crippen LogP contribution in [0.1, 0.15) is 61.4 Å². The summed E-state index contributed by atoms with van der Waals surface area (Å²) < 4.78 is 2.34. The first-order valence-corrected chi connectivity index (χ1v) is 11.6. The molecule has 3 nitrogen and oxygen atoms in total. The molecule has 0 saturated carbocycles. The van der Waals surface area contributed by atoms with Crippen molar-refractivity contribution in [3.63, 3.8) is 0 Å². The molecule has 2 atom stereocenters. The largest absolute Gasteiger partial charge is 0.350 e. The highest BCUT2D eigenvalue weighted by atomic mass is 16.1. The highest BCUT2D eigenvalue weighted by molar-refractivity contribution is 5.89. The summed E-state index contributed by atoms with van der Waals surface area (Å²) in [5.74, 6) is 0.0702. The summed E-state index contributed by atoms with van der Waals surface area (Å²) >= 11 is 0. The quantitative estimate of drug-likeness (QED) is 0.339. The minimum absolute atomic E-state index is 0.00146. The lowest BCUT2D eigenvalue weighted by Crippen LogP contribution is -2.28. The van der Waals surface area contributed by atoms with Crippen molar-refractivity contribution in [3.05, 3.63) is 107 Å². The number of benzene rings is 3. The number of fused-ring (bicyclic) bond motifs is 1. The van der Waals surface area contributed by atoms with Crippen molar-refractivity contribution in [3.8, 4) is 0 Å². The zero-order chi connectivity index (χ0) is 22.5. The maximum Gasteiger partial charge on any atom is 0.221 e. The fraction of sp³-hybridized carbons (Fsp3) is 0.276. The van der Waals surface area contributed by atoms with E-state index in [1.807, 2.05) is 31.2 Å². The van der Waals surface area contributed by atoms with Crippen molar-refractivity contribution in [2.24, 2.45) is 0 Å². The molecule has 1 amide bonds. The van der Waals surface area contributed by atoms with Crippen molar-refractivity contribution < 1.29 is 4.79 Å². The zero-order valence-electron chi connectivity index (χ0n) is 19.2. The lowest BCUT2D eigenvalue weighted by atomic mass is 9.87. The van der Waals surface area contributed by atoms with Gasteiger partial charge in [0.1, 0.15) is 0 Å². The van der Waals surface area contributed by atoms with E-state index in [-0.39, 0.29) is 17.9 Å². The predicted octanol–water partition coefficient (Wildman–Crippen LogP) is 6.62. The van der Waals surface area contributed by atoms with E-state index in [1.165, 1.54) is 27.6 Å².